The summed E-state index contributed by atoms with van der Waals surface area (Å²) in [5.41, 5.74) is 7.75. The number of nitrogens with two attached hydrogens (primary N) is 1. The molecule has 3 heteroatoms. The third-order valence-electron chi connectivity index (χ3n) is 3.11. The zero-order valence-electron chi connectivity index (χ0n) is 12.4. The normalized spacial score (nSPS) is 10.0. The van der Waals surface area contributed by atoms with E-state index in [0.717, 1.165) is 17.7 Å². The number of thiophene rings is 1. The molecule has 110 valence electrons. The van der Waals surface area contributed by atoms with Crippen LogP contribution in [0.1, 0.15) is 35.8 Å². The Hall–Kier alpha value is -1.76. The quantitative estimate of drug-likeness (QED) is 0.819. The van der Waals surface area contributed by atoms with E-state index in [1.54, 1.807) is 11.3 Å². The maximum absolute atomic E-state index is 5.81. The molecule has 0 aliphatic carbocycles. The predicted octanol–water partition coefficient (Wildman–Crippen LogP) is 3.98. The van der Waals surface area contributed by atoms with E-state index in [9.17, 15) is 0 Å². The topological polar surface area (TPSA) is 35.2 Å². The van der Waals surface area contributed by atoms with Gasteiger partial charge in [0.05, 0.1) is 6.54 Å². The molecule has 0 fully saturated rings. The van der Waals surface area contributed by atoms with Crippen molar-refractivity contribution >= 4 is 11.3 Å². The first-order chi connectivity index (χ1) is 10.3. The van der Waals surface area contributed by atoms with Gasteiger partial charge in [-0.05, 0) is 36.6 Å². The minimum atomic E-state index is 0.395. The number of hydrogen-bond acceptors (Lipinski definition) is 3. The molecule has 1 aromatic carbocycles. The van der Waals surface area contributed by atoms with Gasteiger partial charge in [-0.1, -0.05) is 37.3 Å². The molecule has 2 N–H and O–H groups in total. The summed E-state index contributed by atoms with van der Waals surface area (Å²) in [6, 6.07) is 10.5. The molecule has 1 aromatic heterocycles. The molecular formula is C18H21NOS. The number of ether oxygens (including phenoxy) is 1. The van der Waals surface area contributed by atoms with Crippen LogP contribution < -0.4 is 10.5 Å². The van der Waals surface area contributed by atoms with Gasteiger partial charge in [0.25, 0.3) is 0 Å². The molecule has 0 radical (unpaired) electrons. The van der Waals surface area contributed by atoms with E-state index < -0.39 is 0 Å². The maximum atomic E-state index is 5.81. The summed E-state index contributed by atoms with van der Waals surface area (Å²) in [6.45, 7) is 3.19. The van der Waals surface area contributed by atoms with E-state index in [1.165, 1.54) is 23.3 Å². The molecular weight excluding hydrogens is 278 g/mol. The molecule has 2 nitrogen and oxygen atoms in total. The summed E-state index contributed by atoms with van der Waals surface area (Å²) in [5, 5.41) is 2.04. The van der Waals surface area contributed by atoms with Crippen molar-refractivity contribution in [1.82, 2.24) is 0 Å². The Morgan fingerprint density at radius 1 is 1.24 bits per heavy atom. The molecule has 0 spiro atoms. The van der Waals surface area contributed by atoms with Crippen LogP contribution in [-0.4, -0.2) is 6.54 Å². The first-order valence-corrected chi connectivity index (χ1v) is 8.18. The summed E-state index contributed by atoms with van der Waals surface area (Å²) in [4.78, 5) is 1.17. The van der Waals surface area contributed by atoms with Crippen molar-refractivity contribution in [1.29, 1.82) is 0 Å². The monoisotopic (exact) mass is 299 g/mol. The van der Waals surface area contributed by atoms with Gasteiger partial charge in [0, 0.05) is 15.8 Å². The fraction of sp³-hybridized carbons (Fsp3) is 0.333. The molecule has 0 saturated heterocycles. The predicted molar refractivity (Wildman–Crippen MR) is 89.6 cm³/mol. The van der Waals surface area contributed by atoms with Crippen LogP contribution in [0, 0.1) is 11.8 Å². The second-order valence-corrected chi connectivity index (χ2v) is 5.84. The van der Waals surface area contributed by atoms with Crippen LogP contribution >= 0.6 is 11.3 Å². The van der Waals surface area contributed by atoms with Gasteiger partial charge in [-0.15, -0.1) is 11.3 Å². The van der Waals surface area contributed by atoms with Gasteiger partial charge in [0.1, 0.15) is 12.4 Å². The zero-order chi connectivity index (χ0) is 14.9. The molecule has 0 bridgehead atoms. The van der Waals surface area contributed by atoms with Crippen LogP contribution in [0.4, 0.5) is 0 Å². The van der Waals surface area contributed by atoms with Crippen molar-refractivity contribution in [3.8, 4) is 17.6 Å². The van der Waals surface area contributed by atoms with Crippen LogP contribution in [-0.2, 0) is 13.0 Å². The minimum absolute atomic E-state index is 0.395. The Bertz CT molecular complexity index is 604. The molecule has 21 heavy (non-hydrogen) atoms. The smallest absolute Gasteiger partial charge is 0.122 e. The largest absolute Gasteiger partial charge is 0.488 e. The van der Waals surface area contributed by atoms with E-state index in [2.05, 4.69) is 37.0 Å². The van der Waals surface area contributed by atoms with Crippen molar-refractivity contribution in [3.63, 3.8) is 0 Å². The highest BCUT2D eigenvalue weighted by molar-refractivity contribution is 7.10. The zero-order valence-corrected chi connectivity index (χ0v) is 13.2. The Balaban J connectivity index is 1.86. The van der Waals surface area contributed by atoms with E-state index >= 15 is 0 Å². The van der Waals surface area contributed by atoms with Crippen LogP contribution in [0.2, 0.25) is 0 Å². The van der Waals surface area contributed by atoms with Crippen LogP contribution in [0.15, 0.2) is 35.7 Å². The first kappa shape index (κ1) is 15.6. The Labute approximate surface area is 131 Å². The molecule has 0 unspecified atom stereocenters. The summed E-state index contributed by atoms with van der Waals surface area (Å²) >= 11 is 1.67. The summed E-state index contributed by atoms with van der Waals surface area (Å²) < 4.78 is 5.81. The molecule has 2 aromatic rings. The molecule has 2 rings (SSSR count). The van der Waals surface area contributed by atoms with Crippen molar-refractivity contribution in [2.75, 3.05) is 6.54 Å². The lowest BCUT2D eigenvalue weighted by atomic mass is 10.1. The highest BCUT2D eigenvalue weighted by Crippen LogP contribution is 2.19. The highest BCUT2D eigenvalue weighted by Gasteiger charge is 2.00. The van der Waals surface area contributed by atoms with Gasteiger partial charge in [0.2, 0.25) is 0 Å². The molecule has 0 aliphatic heterocycles. The third-order valence-corrected chi connectivity index (χ3v) is 4.02. The first-order valence-electron chi connectivity index (χ1n) is 7.30. The minimum Gasteiger partial charge on any atom is -0.488 e. The van der Waals surface area contributed by atoms with Gasteiger partial charge in [0.15, 0.2) is 0 Å². The number of benzene rings is 1. The standard InChI is InChI=1S/C18H21NOS/c1-2-3-5-15-7-9-17(10-8-15)20-13-18-12-16(14-21-18)6-4-11-19/h7-10,12,14H,2-3,5,11,13,19H2,1H3. The Morgan fingerprint density at radius 3 is 2.76 bits per heavy atom. The Kier molecular flexibility index (Phi) is 6.33. The number of unbranched alkanes of at least 4 members (excludes halogenated alkanes) is 1. The lowest BCUT2D eigenvalue weighted by Crippen LogP contribution is -1.93. The van der Waals surface area contributed by atoms with Crippen molar-refractivity contribution in [2.24, 2.45) is 5.73 Å². The third kappa shape index (κ3) is 5.26. The fourth-order valence-electron chi connectivity index (χ4n) is 1.96. The van der Waals surface area contributed by atoms with Crippen molar-refractivity contribution in [2.45, 2.75) is 32.8 Å². The summed E-state index contributed by atoms with van der Waals surface area (Å²) in [6.07, 6.45) is 3.61. The SMILES string of the molecule is CCCCc1ccc(OCc2cc(C#CCN)cs2)cc1. The lowest BCUT2D eigenvalue weighted by molar-refractivity contribution is 0.309. The molecule has 0 aliphatic rings. The van der Waals surface area contributed by atoms with E-state index in [-0.39, 0.29) is 0 Å². The van der Waals surface area contributed by atoms with Crippen LogP contribution in [0.5, 0.6) is 5.75 Å². The molecule has 1 heterocycles. The maximum Gasteiger partial charge on any atom is 0.122 e. The number of aryl methyl sites for hydroxylation is 1. The molecule has 0 atom stereocenters. The van der Waals surface area contributed by atoms with Crippen LogP contribution in [0.25, 0.3) is 0 Å². The highest BCUT2D eigenvalue weighted by atomic mass is 32.1. The summed E-state index contributed by atoms with van der Waals surface area (Å²) in [5.74, 6) is 6.80. The van der Waals surface area contributed by atoms with E-state index in [0.29, 0.717) is 13.2 Å². The second-order valence-electron chi connectivity index (χ2n) is 4.84. The average Bonchev–Trinajstić information content (AvgIpc) is 2.98. The Morgan fingerprint density at radius 2 is 2.05 bits per heavy atom. The number of rotatable bonds is 6. The summed E-state index contributed by atoms with van der Waals surface area (Å²) in [7, 11) is 0. The van der Waals surface area contributed by atoms with E-state index in [1.807, 2.05) is 17.5 Å². The lowest BCUT2D eigenvalue weighted by Gasteiger charge is -2.06. The van der Waals surface area contributed by atoms with Crippen molar-refractivity contribution in [3.05, 3.63) is 51.7 Å². The van der Waals surface area contributed by atoms with Gasteiger partial charge >= 0.3 is 0 Å². The van der Waals surface area contributed by atoms with Gasteiger partial charge in [-0.3, -0.25) is 0 Å². The fourth-order valence-corrected chi connectivity index (χ4v) is 2.69. The molecule has 0 saturated carbocycles. The van der Waals surface area contributed by atoms with Crippen LogP contribution in [0.3, 0.4) is 0 Å². The van der Waals surface area contributed by atoms with Gasteiger partial charge in [-0.2, -0.15) is 0 Å². The molecule has 0 amide bonds. The van der Waals surface area contributed by atoms with Gasteiger partial charge in [-0.25, -0.2) is 0 Å². The van der Waals surface area contributed by atoms with Crippen molar-refractivity contribution < 1.29 is 4.74 Å². The van der Waals surface area contributed by atoms with Gasteiger partial charge < -0.3 is 10.5 Å². The number of hydrogen-bond donors (Lipinski definition) is 1. The second kappa shape index (κ2) is 8.51. The average molecular weight is 299 g/mol. The van der Waals surface area contributed by atoms with E-state index in [4.69, 9.17) is 10.5 Å².